The molecule has 0 bridgehead atoms. The molecule has 0 spiro atoms. The average molecular weight is 312 g/mol. The van der Waals surface area contributed by atoms with Crippen molar-refractivity contribution in [2.45, 2.75) is 19.4 Å². The van der Waals surface area contributed by atoms with Crippen LogP contribution < -0.4 is 11.1 Å². The summed E-state index contributed by atoms with van der Waals surface area (Å²) in [6, 6.07) is 3.14. The fraction of sp³-hybridized carbons (Fsp3) is 0.533. The molecule has 0 aliphatic carbocycles. The predicted octanol–water partition coefficient (Wildman–Crippen LogP) is 1.80. The molecule has 7 heteroatoms. The second-order valence-corrected chi connectivity index (χ2v) is 5.90. The van der Waals surface area contributed by atoms with Crippen molar-refractivity contribution in [1.82, 2.24) is 4.90 Å². The molecule has 0 atom stereocenters. The highest BCUT2D eigenvalue weighted by Crippen LogP contribution is 2.16. The maximum atomic E-state index is 13.5. The summed E-state index contributed by atoms with van der Waals surface area (Å²) in [7, 11) is 0. The highest BCUT2D eigenvalue weighted by atomic mass is 19.1. The standard InChI is InChI=1S/C15H22F2N4O/c1-15(2)10-21(7-8-22-15)6-5-19-14(18)20-13-9-11(16)3-4-12(13)17/h3-4,9H,5-8,10H2,1-2H3,(H3,18,19,20). The monoisotopic (exact) mass is 312 g/mol. The summed E-state index contributed by atoms with van der Waals surface area (Å²) in [5, 5.41) is 2.57. The van der Waals surface area contributed by atoms with E-state index in [4.69, 9.17) is 10.5 Å². The summed E-state index contributed by atoms with van der Waals surface area (Å²) in [4.78, 5) is 6.38. The Morgan fingerprint density at radius 2 is 2.23 bits per heavy atom. The van der Waals surface area contributed by atoms with E-state index in [1.807, 2.05) is 13.8 Å². The van der Waals surface area contributed by atoms with Crippen molar-refractivity contribution in [3.05, 3.63) is 29.8 Å². The number of nitrogens with zero attached hydrogens (tertiary/aromatic N) is 2. The molecule has 0 unspecified atom stereocenters. The maximum Gasteiger partial charge on any atom is 0.193 e. The molecule has 0 aromatic heterocycles. The molecule has 0 saturated carbocycles. The van der Waals surface area contributed by atoms with Crippen LogP contribution in [0.1, 0.15) is 13.8 Å². The van der Waals surface area contributed by atoms with Crippen molar-refractivity contribution >= 4 is 11.6 Å². The van der Waals surface area contributed by atoms with Crippen molar-refractivity contribution in [2.75, 3.05) is 38.1 Å². The van der Waals surface area contributed by atoms with Gasteiger partial charge in [-0.1, -0.05) is 0 Å². The summed E-state index contributed by atoms with van der Waals surface area (Å²) in [5.74, 6) is -1.04. The van der Waals surface area contributed by atoms with E-state index in [0.717, 1.165) is 37.8 Å². The molecule has 5 nitrogen and oxygen atoms in total. The molecular formula is C15H22F2N4O. The topological polar surface area (TPSA) is 62.9 Å². The highest BCUT2D eigenvalue weighted by molar-refractivity contribution is 5.92. The van der Waals surface area contributed by atoms with Crippen LogP contribution in [0.4, 0.5) is 14.5 Å². The van der Waals surface area contributed by atoms with Crippen LogP contribution in [0, 0.1) is 11.6 Å². The Morgan fingerprint density at radius 3 is 2.95 bits per heavy atom. The van der Waals surface area contributed by atoms with Crippen LogP contribution in [0.25, 0.3) is 0 Å². The Kier molecular flexibility index (Phi) is 5.31. The SMILES string of the molecule is CC1(C)CN(CCN=C(N)Nc2cc(F)ccc2F)CCO1. The van der Waals surface area contributed by atoms with Gasteiger partial charge in [-0.05, 0) is 26.0 Å². The van der Waals surface area contributed by atoms with Crippen LogP contribution >= 0.6 is 0 Å². The molecule has 2 rings (SSSR count). The first kappa shape index (κ1) is 16.6. The number of halogens is 2. The molecule has 0 amide bonds. The number of hydrogen-bond donors (Lipinski definition) is 2. The quantitative estimate of drug-likeness (QED) is 0.657. The number of anilines is 1. The smallest absolute Gasteiger partial charge is 0.193 e. The van der Waals surface area contributed by atoms with Gasteiger partial charge in [-0.3, -0.25) is 9.89 Å². The number of nitrogens with one attached hydrogen (secondary N) is 1. The fourth-order valence-corrected chi connectivity index (χ4v) is 2.39. The summed E-state index contributed by atoms with van der Waals surface area (Å²) in [6.45, 7) is 7.68. The molecule has 1 aromatic rings. The lowest BCUT2D eigenvalue weighted by atomic mass is 10.1. The molecule has 1 aromatic carbocycles. The summed E-state index contributed by atoms with van der Waals surface area (Å²) < 4.78 is 32.2. The molecule has 1 heterocycles. The van der Waals surface area contributed by atoms with Gasteiger partial charge in [0, 0.05) is 25.7 Å². The Bertz CT molecular complexity index is 548. The van der Waals surface area contributed by atoms with E-state index < -0.39 is 11.6 Å². The molecule has 1 fully saturated rings. The van der Waals surface area contributed by atoms with Gasteiger partial charge in [0.2, 0.25) is 0 Å². The first-order chi connectivity index (χ1) is 10.4. The molecular weight excluding hydrogens is 290 g/mol. The minimum absolute atomic E-state index is 0.0197. The van der Waals surface area contributed by atoms with E-state index in [1.54, 1.807) is 0 Å². The summed E-state index contributed by atoms with van der Waals surface area (Å²) in [5.41, 5.74) is 5.52. The fourth-order valence-electron chi connectivity index (χ4n) is 2.39. The second kappa shape index (κ2) is 7.02. The number of guanidine groups is 1. The van der Waals surface area contributed by atoms with E-state index in [1.165, 1.54) is 0 Å². The lowest BCUT2D eigenvalue weighted by molar-refractivity contribution is -0.0850. The maximum absolute atomic E-state index is 13.5. The number of benzene rings is 1. The van der Waals surface area contributed by atoms with Gasteiger partial charge in [0.1, 0.15) is 11.6 Å². The lowest BCUT2D eigenvalue weighted by Gasteiger charge is -2.37. The predicted molar refractivity (Wildman–Crippen MR) is 82.9 cm³/mol. The molecule has 1 aliphatic heterocycles. The Morgan fingerprint density at radius 1 is 1.45 bits per heavy atom. The lowest BCUT2D eigenvalue weighted by Crippen LogP contribution is -2.49. The zero-order valence-electron chi connectivity index (χ0n) is 12.9. The summed E-state index contributed by atoms with van der Waals surface area (Å²) >= 11 is 0. The Balaban J connectivity index is 1.84. The molecule has 1 saturated heterocycles. The molecule has 22 heavy (non-hydrogen) atoms. The third kappa shape index (κ3) is 4.92. The molecule has 122 valence electrons. The van der Waals surface area contributed by atoms with Crippen LogP contribution in [0.2, 0.25) is 0 Å². The first-order valence-electron chi connectivity index (χ1n) is 7.24. The number of ether oxygens (including phenoxy) is 1. The Labute approximate surface area is 129 Å². The van der Waals surface area contributed by atoms with Gasteiger partial charge in [-0.25, -0.2) is 8.78 Å². The van der Waals surface area contributed by atoms with Crippen molar-refractivity contribution in [1.29, 1.82) is 0 Å². The number of nitrogens with two attached hydrogens (primary N) is 1. The van der Waals surface area contributed by atoms with Gasteiger partial charge >= 0.3 is 0 Å². The van der Waals surface area contributed by atoms with Crippen molar-refractivity contribution in [3.63, 3.8) is 0 Å². The van der Waals surface area contributed by atoms with Gasteiger partial charge in [-0.15, -0.1) is 0 Å². The zero-order valence-corrected chi connectivity index (χ0v) is 12.9. The minimum atomic E-state index is -0.575. The van der Waals surface area contributed by atoms with Crippen LogP contribution in [-0.4, -0.2) is 49.2 Å². The van der Waals surface area contributed by atoms with E-state index >= 15 is 0 Å². The number of morpholine rings is 1. The summed E-state index contributed by atoms with van der Waals surface area (Å²) in [6.07, 6.45) is 0. The Hall–Kier alpha value is -1.73. The second-order valence-electron chi connectivity index (χ2n) is 5.90. The first-order valence-corrected chi connectivity index (χ1v) is 7.24. The molecule has 0 radical (unpaired) electrons. The number of hydrogen-bond acceptors (Lipinski definition) is 3. The van der Waals surface area contributed by atoms with Crippen LogP contribution in [0.3, 0.4) is 0 Å². The van der Waals surface area contributed by atoms with Crippen LogP contribution in [0.5, 0.6) is 0 Å². The molecule has 1 aliphatic rings. The van der Waals surface area contributed by atoms with E-state index in [-0.39, 0.29) is 17.2 Å². The van der Waals surface area contributed by atoms with Gasteiger partial charge in [0.15, 0.2) is 5.96 Å². The average Bonchev–Trinajstić information content (AvgIpc) is 2.42. The number of aliphatic imine (C=N–C) groups is 1. The van der Waals surface area contributed by atoms with Gasteiger partial charge in [-0.2, -0.15) is 0 Å². The van der Waals surface area contributed by atoms with Gasteiger partial charge in [0.05, 0.1) is 24.4 Å². The van der Waals surface area contributed by atoms with Crippen molar-refractivity contribution in [2.24, 2.45) is 10.7 Å². The van der Waals surface area contributed by atoms with E-state index in [0.29, 0.717) is 13.2 Å². The van der Waals surface area contributed by atoms with E-state index in [2.05, 4.69) is 15.2 Å². The highest BCUT2D eigenvalue weighted by Gasteiger charge is 2.26. The van der Waals surface area contributed by atoms with E-state index in [9.17, 15) is 8.78 Å². The van der Waals surface area contributed by atoms with Crippen LogP contribution in [0.15, 0.2) is 23.2 Å². The van der Waals surface area contributed by atoms with Crippen LogP contribution in [-0.2, 0) is 4.74 Å². The van der Waals surface area contributed by atoms with Gasteiger partial charge in [0.25, 0.3) is 0 Å². The third-order valence-corrected chi connectivity index (χ3v) is 3.39. The third-order valence-electron chi connectivity index (χ3n) is 3.39. The van der Waals surface area contributed by atoms with Gasteiger partial charge < -0.3 is 15.8 Å². The largest absolute Gasteiger partial charge is 0.373 e. The molecule has 3 N–H and O–H groups in total. The zero-order chi connectivity index (χ0) is 16.2. The minimum Gasteiger partial charge on any atom is -0.373 e. The van der Waals surface area contributed by atoms with Crippen molar-refractivity contribution < 1.29 is 13.5 Å². The normalized spacial score (nSPS) is 19.2. The van der Waals surface area contributed by atoms with Crippen molar-refractivity contribution in [3.8, 4) is 0 Å². The number of rotatable bonds is 4.